The lowest BCUT2D eigenvalue weighted by Gasteiger charge is -2.12. The summed E-state index contributed by atoms with van der Waals surface area (Å²) in [6.45, 7) is 8.29. The van der Waals surface area contributed by atoms with Crippen molar-refractivity contribution in [1.29, 1.82) is 0 Å². The quantitative estimate of drug-likeness (QED) is 0.0900. The lowest BCUT2D eigenvalue weighted by Crippen LogP contribution is -2.24. The standard InChI is InChI=1S/C31H34N2O7/c1-5-8-22-9-15-26(28(18-22)36-4)39-21-30(34)33-32-20-23-10-16-27(29(19-23)37-7-3)40-31(35)24-11-13-25(14-12-24)38-17-6-2/h5,9-16,18-20H,1,6-8,17,21H2,2-4H3,(H,33,34)/b32-20-. The maximum atomic E-state index is 12.7. The van der Waals surface area contributed by atoms with Gasteiger partial charge in [-0.1, -0.05) is 19.1 Å². The Morgan fingerprint density at radius 2 is 1.68 bits per heavy atom. The highest BCUT2D eigenvalue weighted by molar-refractivity contribution is 5.92. The zero-order valence-electron chi connectivity index (χ0n) is 23.0. The molecular formula is C31H34N2O7. The summed E-state index contributed by atoms with van der Waals surface area (Å²) in [4.78, 5) is 24.9. The lowest BCUT2D eigenvalue weighted by molar-refractivity contribution is -0.123. The number of amides is 1. The smallest absolute Gasteiger partial charge is 0.343 e. The molecule has 0 bridgehead atoms. The molecule has 0 spiro atoms. The normalized spacial score (nSPS) is 10.6. The van der Waals surface area contributed by atoms with E-state index in [4.69, 9.17) is 23.7 Å². The molecular weight excluding hydrogens is 512 g/mol. The highest BCUT2D eigenvalue weighted by atomic mass is 16.6. The molecule has 9 nitrogen and oxygen atoms in total. The first-order valence-corrected chi connectivity index (χ1v) is 12.9. The monoisotopic (exact) mass is 546 g/mol. The lowest BCUT2D eigenvalue weighted by atomic mass is 10.1. The number of benzene rings is 3. The minimum atomic E-state index is -0.524. The van der Waals surface area contributed by atoms with Gasteiger partial charge in [-0.25, -0.2) is 10.2 Å². The molecule has 9 heteroatoms. The molecule has 0 saturated heterocycles. The largest absolute Gasteiger partial charge is 0.494 e. The summed E-state index contributed by atoms with van der Waals surface area (Å²) in [6.07, 6.45) is 4.84. The molecule has 1 N–H and O–H groups in total. The van der Waals surface area contributed by atoms with Gasteiger partial charge in [0.25, 0.3) is 5.91 Å². The van der Waals surface area contributed by atoms with Crippen molar-refractivity contribution in [2.75, 3.05) is 26.9 Å². The fourth-order valence-electron chi connectivity index (χ4n) is 3.50. The van der Waals surface area contributed by atoms with E-state index >= 15 is 0 Å². The van der Waals surface area contributed by atoms with Crippen LogP contribution in [-0.4, -0.2) is 45.0 Å². The fourth-order valence-corrected chi connectivity index (χ4v) is 3.50. The first-order valence-electron chi connectivity index (χ1n) is 12.9. The summed E-state index contributed by atoms with van der Waals surface area (Å²) in [5, 5.41) is 3.98. The van der Waals surface area contributed by atoms with Gasteiger partial charge in [-0.3, -0.25) is 4.79 Å². The maximum absolute atomic E-state index is 12.7. The molecule has 0 fully saturated rings. The van der Waals surface area contributed by atoms with E-state index in [2.05, 4.69) is 17.1 Å². The Morgan fingerprint density at radius 3 is 2.38 bits per heavy atom. The molecule has 1 amide bonds. The van der Waals surface area contributed by atoms with Gasteiger partial charge in [0.2, 0.25) is 0 Å². The predicted molar refractivity (Wildman–Crippen MR) is 153 cm³/mol. The number of ether oxygens (including phenoxy) is 5. The van der Waals surface area contributed by atoms with Crippen LogP contribution >= 0.6 is 0 Å². The average molecular weight is 547 g/mol. The van der Waals surface area contributed by atoms with Crippen molar-refractivity contribution < 1.29 is 33.3 Å². The number of esters is 1. The van der Waals surface area contributed by atoms with E-state index in [1.54, 1.807) is 54.6 Å². The van der Waals surface area contributed by atoms with E-state index in [-0.39, 0.29) is 12.4 Å². The molecule has 40 heavy (non-hydrogen) atoms. The number of carbonyl (C=O) groups excluding carboxylic acids is 2. The number of allylic oxidation sites excluding steroid dienone is 1. The van der Waals surface area contributed by atoms with E-state index in [0.717, 1.165) is 12.0 Å². The average Bonchev–Trinajstić information content (AvgIpc) is 2.97. The minimum Gasteiger partial charge on any atom is -0.494 e. The highest BCUT2D eigenvalue weighted by Crippen LogP contribution is 2.30. The van der Waals surface area contributed by atoms with Gasteiger partial charge in [0, 0.05) is 0 Å². The van der Waals surface area contributed by atoms with Crippen molar-refractivity contribution in [2.24, 2.45) is 5.10 Å². The highest BCUT2D eigenvalue weighted by Gasteiger charge is 2.14. The van der Waals surface area contributed by atoms with Crippen LogP contribution in [0.3, 0.4) is 0 Å². The second-order valence-corrected chi connectivity index (χ2v) is 8.46. The van der Waals surface area contributed by atoms with Gasteiger partial charge >= 0.3 is 5.97 Å². The molecule has 0 saturated carbocycles. The molecule has 3 rings (SSSR count). The van der Waals surface area contributed by atoms with E-state index < -0.39 is 11.9 Å². The first-order chi connectivity index (χ1) is 19.5. The molecule has 3 aromatic carbocycles. The Balaban J connectivity index is 1.57. The third-order valence-electron chi connectivity index (χ3n) is 5.40. The molecule has 0 aliphatic heterocycles. The Morgan fingerprint density at radius 1 is 0.900 bits per heavy atom. The Labute approximate surface area is 234 Å². The van der Waals surface area contributed by atoms with E-state index in [1.165, 1.54) is 13.3 Å². The van der Waals surface area contributed by atoms with Crippen LogP contribution in [0.5, 0.6) is 28.7 Å². The predicted octanol–water partition coefficient (Wildman–Crippen LogP) is 5.36. The number of hydrazone groups is 1. The summed E-state index contributed by atoms with van der Waals surface area (Å²) in [5.41, 5.74) is 4.45. The molecule has 0 aromatic heterocycles. The zero-order valence-corrected chi connectivity index (χ0v) is 23.0. The SMILES string of the molecule is C=CCc1ccc(OCC(=O)N/N=C\c2ccc(OC(=O)c3ccc(OCCC)cc3)c(OCC)c2)c(OC)c1. The van der Waals surface area contributed by atoms with Crippen LogP contribution in [-0.2, 0) is 11.2 Å². The summed E-state index contributed by atoms with van der Waals surface area (Å²) in [7, 11) is 1.54. The molecule has 0 unspecified atom stereocenters. The van der Waals surface area contributed by atoms with Gasteiger partial charge in [0.1, 0.15) is 5.75 Å². The van der Waals surface area contributed by atoms with Gasteiger partial charge < -0.3 is 23.7 Å². The molecule has 0 aliphatic rings. The van der Waals surface area contributed by atoms with Crippen LogP contribution in [0.2, 0.25) is 0 Å². The first kappa shape index (κ1) is 29.8. The fraction of sp³-hybridized carbons (Fsp3) is 0.258. The van der Waals surface area contributed by atoms with Crippen molar-refractivity contribution in [2.45, 2.75) is 26.7 Å². The van der Waals surface area contributed by atoms with Gasteiger partial charge in [-0.15, -0.1) is 6.58 Å². The van der Waals surface area contributed by atoms with Crippen LogP contribution in [0.1, 0.15) is 41.8 Å². The van der Waals surface area contributed by atoms with Gasteiger partial charge in [-0.2, -0.15) is 5.10 Å². The number of nitrogens with one attached hydrogen (secondary N) is 1. The van der Waals surface area contributed by atoms with Crippen molar-refractivity contribution in [1.82, 2.24) is 5.43 Å². The van der Waals surface area contributed by atoms with Crippen molar-refractivity contribution in [3.63, 3.8) is 0 Å². The van der Waals surface area contributed by atoms with E-state index in [1.807, 2.05) is 26.0 Å². The van der Waals surface area contributed by atoms with Crippen LogP contribution in [0, 0.1) is 0 Å². The molecule has 0 radical (unpaired) electrons. The van der Waals surface area contributed by atoms with Crippen LogP contribution in [0.25, 0.3) is 0 Å². The number of hydrogen-bond donors (Lipinski definition) is 1. The maximum Gasteiger partial charge on any atom is 0.343 e. The number of hydrogen-bond acceptors (Lipinski definition) is 8. The Bertz CT molecular complexity index is 1320. The van der Waals surface area contributed by atoms with Crippen LogP contribution < -0.4 is 29.1 Å². The van der Waals surface area contributed by atoms with E-state index in [0.29, 0.717) is 53.8 Å². The number of methoxy groups -OCH3 is 1. The minimum absolute atomic E-state index is 0.251. The zero-order chi connectivity index (χ0) is 28.7. The summed E-state index contributed by atoms with van der Waals surface area (Å²) in [5.74, 6) is 1.32. The third kappa shape index (κ3) is 8.90. The molecule has 0 heterocycles. The van der Waals surface area contributed by atoms with Crippen molar-refractivity contribution in [3.05, 3.63) is 90.0 Å². The summed E-state index contributed by atoms with van der Waals surface area (Å²) in [6, 6.07) is 17.2. The van der Waals surface area contributed by atoms with Gasteiger partial charge in [0.05, 0.1) is 32.1 Å². The second kappa shape index (κ2) is 15.6. The topological polar surface area (TPSA) is 105 Å². The van der Waals surface area contributed by atoms with Crippen LogP contribution in [0.15, 0.2) is 78.4 Å². The number of nitrogens with zero attached hydrogens (tertiary/aromatic N) is 1. The molecule has 0 atom stereocenters. The molecule has 210 valence electrons. The van der Waals surface area contributed by atoms with Crippen LogP contribution in [0.4, 0.5) is 0 Å². The molecule has 0 aliphatic carbocycles. The second-order valence-electron chi connectivity index (χ2n) is 8.46. The van der Waals surface area contributed by atoms with Crippen molar-refractivity contribution >= 4 is 18.1 Å². The van der Waals surface area contributed by atoms with E-state index in [9.17, 15) is 9.59 Å². The molecule has 3 aromatic rings. The van der Waals surface area contributed by atoms with Crippen molar-refractivity contribution in [3.8, 4) is 28.7 Å². The van der Waals surface area contributed by atoms with Gasteiger partial charge in [-0.05, 0) is 85.5 Å². The third-order valence-corrected chi connectivity index (χ3v) is 5.40. The number of rotatable bonds is 15. The Hall–Kier alpha value is -4.79. The summed E-state index contributed by atoms with van der Waals surface area (Å²) < 4.78 is 27.7. The Kier molecular flexibility index (Phi) is 11.6. The summed E-state index contributed by atoms with van der Waals surface area (Å²) >= 11 is 0. The number of carbonyl (C=O) groups is 2. The van der Waals surface area contributed by atoms with Gasteiger partial charge in [0.15, 0.2) is 29.6 Å².